The average molecular weight is 301 g/mol. The lowest BCUT2D eigenvalue weighted by molar-refractivity contribution is -0.141. The third-order valence-corrected chi connectivity index (χ3v) is 4.16. The highest BCUT2D eigenvalue weighted by Gasteiger charge is 2.33. The molecule has 1 N–H and O–H groups in total. The molecule has 1 saturated heterocycles. The van der Waals surface area contributed by atoms with Crippen molar-refractivity contribution in [3.8, 4) is 0 Å². The van der Waals surface area contributed by atoms with Gasteiger partial charge in [-0.15, -0.1) is 0 Å². The monoisotopic (exact) mass is 301 g/mol. The summed E-state index contributed by atoms with van der Waals surface area (Å²) in [4.78, 5) is 17.6. The van der Waals surface area contributed by atoms with Crippen LogP contribution in [0.1, 0.15) is 36.7 Å². The minimum absolute atomic E-state index is 0.0543. The van der Waals surface area contributed by atoms with E-state index in [1.165, 1.54) is 0 Å². The maximum atomic E-state index is 11.0. The van der Waals surface area contributed by atoms with Gasteiger partial charge in [-0.3, -0.25) is 9.69 Å². The summed E-state index contributed by atoms with van der Waals surface area (Å²) >= 11 is 0. The first-order valence-corrected chi connectivity index (χ1v) is 7.46. The number of hydrogen-bond donors (Lipinski definition) is 1. The zero-order valence-corrected chi connectivity index (χ0v) is 12.5. The lowest BCUT2D eigenvalue weighted by Crippen LogP contribution is -2.26. The van der Waals surface area contributed by atoms with Gasteiger partial charge in [0.2, 0.25) is 5.89 Å². The first-order chi connectivity index (χ1) is 10.6. The average Bonchev–Trinajstić information content (AvgIpc) is 3.17. The van der Waals surface area contributed by atoms with E-state index in [0.29, 0.717) is 31.1 Å². The number of hydrogen-bond acceptors (Lipinski definition) is 5. The van der Waals surface area contributed by atoms with Crippen LogP contribution in [-0.4, -0.2) is 39.2 Å². The quantitative estimate of drug-likeness (QED) is 0.911. The Kier molecular flexibility index (Phi) is 4.20. The standard InChI is InChI=1S/C16H19N3O3/c1-11(19-8-7-13(10-19)16(20)21)15-17-14(18-22-15)9-12-5-3-2-4-6-12/h2-6,11,13H,7-10H2,1H3,(H,20,21). The van der Waals surface area contributed by atoms with Crippen LogP contribution in [0.2, 0.25) is 0 Å². The molecule has 6 nitrogen and oxygen atoms in total. The van der Waals surface area contributed by atoms with E-state index in [4.69, 9.17) is 9.63 Å². The summed E-state index contributed by atoms with van der Waals surface area (Å²) in [6.07, 6.45) is 1.31. The Bertz CT molecular complexity index is 641. The molecule has 22 heavy (non-hydrogen) atoms. The molecule has 116 valence electrons. The van der Waals surface area contributed by atoms with Crippen molar-refractivity contribution in [2.45, 2.75) is 25.8 Å². The fourth-order valence-corrected chi connectivity index (χ4v) is 2.78. The summed E-state index contributed by atoms with van der Waals surface area (Å²) in [5, 5.41) is 13.1. The van der Waals surface area contributed by atoms with Gasteiger partial charge in [0, 0.05) is 13.0 Å². The molecule has 2 unspecified atom stereocenters. The van der Waals surface area contributed by atoms with Gasteiger partial charge in [0.05, 0.1) is 12.0 Å². The third kappa shape index (κ3) is 3.17. The van der Waals surface area contributed by atoms with Crippen molar-refractivity contribution in [1.82, 2.24) is 15.0 Å². The fourth-order valence-electron chi connectivity index (χ4n) is 2.78. The predicted molar refractivity (Wildman–Crippen MR) is 79.3 cm³/mol. The number of rotatable bonds is 5. The minimum atomic E-state index is -0.731. The molecule has 2 atom stereocenters. The predicted octanol–water partition coefficient (Wildman–Crippen LogP) is 2.13. The molecule has 1 aliphatic heterocycles. The van der Waals surface area contributed by atoms with Crippen molar-refractivity contribution >= 4 is 5.97 Å². The highest BCUT2D eigenvalue weighted by Crippen LogP contribution is 2.26. The second-order valence-electron chi connectivity index (χ2n) is 5.71. The molecule has 0 saturated carbocycles. The van der Waals surface area contributed by atoms with Crippen LogP contribution in [0.4, 0.5) is 0 Å². The molecule has 0 spiro atoms. The van der Waals surface area contributed by atoms with Crippen molar-refractivity contribution in [1.29, 1.82) is 0 Å². The second-order valence-corrected chi connectivity index (χ2v) is 5.71. The zero-order chi connectivity index (χ0) is 15.5. The third-order valence-electron chi connectivity index (χ3n) is 4.16. The van der Waals surface area contributed by atoms with E-state index in [2.05, 4.69) is 15.0 Å². The summed E-state index contributed by atoms with van der Waals surface area (Å²) in [5.41, 5.74) is 1.13. The van der Waals surface area contributed by atoms with E-state index < -0.39 is 5.97 Å². The Morgan fingerprint density at radius 1 is 1.45 bits per heavy atom. The summed E-state index contributed by atoms with van der Waals surface area (Å²) in [5.74, 6) is 0.179. The zero-order valence-electron chi connectivity index (χ0n) is 12.5. The number of carboxylic acid groups (broad SMARTS) is 1. The van der Waals surface area contributed by atoms with Crippen molar-refractivity contribution in [2.75, 3.05) is 13.1 Å². The van der Waals surface area contributed by atoms with E-state index in [1.54, 1.807) is 0 Å². The molecule has 1 aromatic carbocycles. The van der Waals surface area contributed by atoms with Crippen LogP contribution in [0.3, 0.4) is 0 Å². The Morgan fingerprint density at radius 3 is 2.91 bits per heavy atom. The number of likely N-dealkylation sites (tertiary alicyclic amines) is 1. The summed E-state index contributed by atoms with van der Waals surface area (Å²) in [7, 11) is 0. The molecule has 1 fully saturated rings. The molecule has 0 amide bonds. The summed E-state index contributed by atoms with van der Waals surface area (Å²) in [6, 6.07) is 9.93. The molecular weight excluding hydrogens is 282 g/mol. The van der Waals surface area contributed by atoms with E-state index in [0.717, 1.165) is 12.1 Å². The number of carbonyl (C=O) groups is 1. The van der Waals surface area contributed by atoms with Crippen LogP contribution >= 0.6 is 0 Å². The number of aliphatic carboxylic acids is 1. The van der Waals surface area contributed by atoms with Crippen molar-refractivity contribution in [2.24, 2.45) is 5.92 Å². The number of nitrogens with zero attached hydrogens (tertiary/aromatic N) is 3. The maximum Gasteiger partial charge on any atom is 0.307 e. The van der Waals surface area contributed by atoms with Gasteiger partial charge < -0.3 is 9.63 Å². The highest BCUT2D eigenvalue weighted by atomic mass is 16.5. The van der Waals surface area contributed by atoms with E-state index in [-0.39, 0.29) is 12.0 Å². The normalized spacial score (nSPS) is 20.1. The van der Waals surface area contributed by atoms with Crippen molar-refractivity contribution in [3.63, 3.8) is 0 Å². The van der Waals surface area contributed by atoms with Gasteiger partial charge in [-0.25, -0.2) is 0 Å². The van der Waals surface area contributed by atoms with Crippen LogP contribution in [0.15, 0.2) is 34.9 Å². The molecule has 2 heterocycles. The lowest BCUT2D eigenvalue weighted by atomic mass is 10.1. The lowest BCUT2D eigenvalue weighted by Gasteiger charge is -2.20. The van der Waals surface area contributed by atoms with Crippen LogP contribution in [0, 0.1) is 5.92 Å². The fraction of sp³-hybridized carbons (Fsp3) is 0.438. The highest BCUT2D eigenvalue weighted by molar-refractivity contribution is 5.70. The van der Waals surface area contributed by atoms with Gasteiger partial charge in [0.15, 0.2) is 5.82 Å². The molecule has 0 aliphatic carbocycles. The smallest absolute Gasteiger partial charge is 0.307 e. The molecular formula is C16H19N3O3. The Hall–Kier alpha value is -2.21. The molecule has 0 radical (unpaired) electrons. The van der Waals surface area contributed by atoms with Crippen LogP contribution < -0.4 is 0 Å². The summed E-state index contributed by atoms with van der Waals surface area (Å²) in [6.45, 7) is 3.26. The van der Waals surface area contributed by atoms with Crippen molar-refractivity contribution in [3.05, 3.63) is 47.6 Å². The number of benzene rings is 1. The molecule has 3 rings (SSSR count). The van der Waals surface area contributed by atoms with Gasteiger partial charge in [-0.2, -0.15) is 4.98 Å². The molecule has 6 heteroatoms. The molecule has 1 aromatic heterocycles. The second kappa shape index (κ2) is 6.27. The van der Waals surface area contributed by atoms with Gasteiger partial charge in [-0.1, -0.05) is 35.5 Å². The van der Waals surface area contributed by atoms with Gasteiger partial charge >= 0.3 is 5.97 Å². The van der Waals surface area contributed by atoms with Crippen LogP contribution in [-0.2, 0) is 11.2 Å². The topological polar surface area (TPSA) is 79.5 Å². The first-order valence-electron chi connectivity index (χ1n) is 7.46. The maximum absolute atomic E-state index is 11.0. The van der Waals surface area contributed by atoms with E-state index in [9.17, 15) is 4.79 Å². The summed E-state index contributed by atoms with van der Waals surface area (Å²) < 4.78 is 5.36. The van der Waals surface area contributed by atoms with Crippen LogP contribution in [0.5, 0.6) is 0 Å². The van der Waals surface area contributed by atoms with Gasteiger partial charge in [0.1, 0.15) is 0 Å². The largest absolute Gasteiger partial charge is 0.481 e. The first kappa shape index (κ1) is 14.7. The van der Waals surface area contributed by atoms with E-state index >= 15 is 0 Å². The Balaban J connectivity index is 1.65. The Morgan fingerprint density at radius 2 is 2.23 bits per heavy atom. The number of carboxylic acids is 1. The minimum Gasteiger partial charge on any atom is -0.481 e. The SMILES string of the molecule is CC(c1nc(Cc2ccccc2)no1)N1CCC(C(=O)O)C1. The van der Waals surface area contributed by atoms with E-state index in [1.807, 2.05) is 37.3 Å². The Labute approximate surface area is 128 Å². The van der Waals surface area contributed by atoms with Crippen molar-refractivity contribution < 1.29 is 14.4 Å². The van der Waals surface area contributed by atoms with Gasteiger partial charge in [-0.05, 0) is 25.5 Å². The van der Waals surface area contributed by atoms with Crippen LogP contribution in [0.25, 0.3) is 0 Å². The van der Waals surface area contributed by atoms with Gasteiger partial charge in [0.25, 0.3) is 0 Å². The molecule has 2 aromatic rings. The molecule has 0 bridgehead atoms. The number of aromatic nitrogens is 2. The molecule has 1 aliphatic rings.